The molecule has 5 nitrogen and oxygen atoms in total. The van der Waals surface area contributed by atoms with Crippen molar-refractivity contribution in [2.24, 2.45) is 0 Å². The second kappa shape index (κ2) is 8.78. The molecule has 1 fully saturated rings. The smallest absolute Gasteiger partial charge is 0.255 e. The van der Waals surface area contributed by atoms with Gasteiger partial charge in [0, 0.05) is 26.2 Å². The van der Waals surface area contributed by atoms with Gasteiger partial charge in [0.15, 0.2) is 0 Å². The predicted molar refractivity (Wildman–Crippen MR) is 96.7 cm³/mol. The van der Waals surface area contributed by atoms with Crippen molar-refractivity contribution in [2.75, 3.05) is 33.4 Å². The molecular weight excluding hydrogens is 335 g/mol. The lowest BCUT2D eigenvalue weighted by Gasteiger charge is -2.27. The van der Waals surface area contributed by atoms with Crippen LogP contribution in [0.1, 0.15) is 21.5 Å². The fraction of sp³-hybridized carbons (Fsp3) is 0.350. The van der Waals surface area contributed by atoms with Crippen LogP contribution >= 0.6 is 0 Å². The number of carbonyl (C=O) groups is 1. The number of nitrogens with zero attached hydrogens (tertiary/aromatic N) is 1. The van der Waals surface area contributed by atoms with Gasteiger partial charge in [-0.25, -0.2) is 4.39 Å². The molecule has 0 bridgehead atoms. The van der Waals surface area contributed by atoms with E-state index in [2.05, 4.69) is 16.3 Å². The first-order chi connectivity index (χ1) is 12.7. The van der Waals surface area contributed by atoms with Crippen LogP contribution < -0.4 is 10.1 Å². The summed E-state index contributed by atoms with van der Waals surface area (Å²) in [5, 5.41) is 2.87. The number of halogens is 1. The highest BCUT2D eigenvalue weighted by molar-refractivity contribution is 5.96. The number of methoxy groups -OCH3 is 1. The zero-order chi connectivity index (χ0) is 18.4. The van der Waals surface area contributed by atoms with E-state index in [-0.39, 0.29) is 11.5 Å². The maximum absolute atomic E-state index is 13.5. The summed E-state index contributed by atoms with van der Waals surface area (Å²) in [6.07, 6.45) is 0. The summed E-state index contributed by atoms with van der Waals surface area (Å²) in [5.74, 6) is -0.475. The highest BCUT2D eigenvalue weighted by atomic mass is 19.1. The van der Waals surface area contributed by atoms with Crippen LogP contribution in [-0.4, -0.2) is 44.2 Å². The summed E-state index contributed by atoms with van der Waals surface area (Å²) in [7, 11) is 1.46. The van der Waals surface area contributed by atoms with Crippen molar-refractivity contribution in [3.05, 3.63) is 65.0 Å². The molecule has 26 heavy (non-hydrogen) atoms. The minimum Gasteiger partial charge on any atom is -0.496 e. The lowest BCUT2D eigenvalue weighted by atomic mass is 10.1. The number of nitrogens with one attached hydrogen (secondary N) is 1. The van der Waals surface area contributed by atoms with E-state index in [1.807, 2.05) is 18.2 Å². The Bertz CT molecular complexity index is 760. The molecule has 138 valence electrons. The van der Waals surface area contributed by atoms with Crippen LogP contribution in [0, 0.1) is 5.82 Å². The monoisotopic (exact) mass is 358 g/mol. The van der Waals surface area contributed by atoms with E-state index >= 15 is 0 Å². The molecular formula is C20H23FN2O3. The fourth-order valence-electron chi connectivity index (χ4n) is 3.01. The number of ether oxygens (including phenoxy) is 2. The van der Waals surface area contributed by atoms with Crippen LogP contribution in [0.15, 0.2) is 42.5 Å². The maximum Gasteiger partial charge on any atom is 0.255 e. The van der Waals surface area contributed by atoms with Crippen molar-refractivity contribution in [3.63, 3.8) is 0 Å². The number of amides is 1. The van der Waals surface area contributed by atoms with Crippen molar-refractivity contribution in [2.45, 2.75) is 13.1 Å². The van der Waals surface area contributed by atoms with Crippen LogP contribution in [0.2, 0.25) is 0 Å². The zero-order valence-corrected chi connectivity index (χ0v) is 14.8. The van der Waals surface area contributed by atoms with Gasteiger partial charge in [-0.1, -0.05) is 24.3 Å². The Labute approximate surface area is 152 Å². The van der Waals surface area contributed by atoms with E-state index in [0.717, 1.165) is 38.4 Å². The second-order valence-electron chi connectivity index (χ2n) is 6.18. The molecule has 0 aromatic heterocycles. The Balaban J connectivity index is 1.68. The molecule has 0 saturated carbocycles. The summed E-state index contributed by atoms with van der Waals surface area (Å²) < 4.78 is 24.0. The van der Waals surface area contributed by atoms with Crippen LogP contribution in [-0.2, 0) is 17.8 Å². The fourth-order valence-corrected chi connectivity index (χ4v) is 3.01. The molecule has 6 heteroatoms. The van der Waals surface area contributed by atoms with Gasteiger partial charge in [0.25, 0.3) is 5.91 Å². The third-order valence-electron chi connectivity index (χ3n) is 4.46. The standard InChI is InChI=1S/C20H23FN2O3/c1-25-19-7-6-17(21)12-18(19)20(24)22-13-15-4-2-3-5-16(15)14-23-8-10-26-11-9-23/h2-7,12H,8-11,13-14H2,1H3,(H,22,24). The average molecular weight is 358 g/mol. The number of morpholine rings is 1. The zero-order valence-electron chi connectivity index (χ0n) is 14.8. The summed E-state index contributed by atoms with van der Waals surface area (Å²) in [6, 6.07) is 11.9. The maximum atomic E-state index is 13.5. The summed E-state index contributed by atoms with van der Waals surface area (Å²) in [5.41, 5.74) is 2.40. The third kappa shape index (κ3) is 4.59. The topological polar surface area (TPSA) is 50.8 Å². The van der Waals surface area contributed by atoms with Crippen LogP contribution in [0.4, 0.5) is 4.39 Å². The van der Waals surface area contributed by atoms with Gasteiger partial charge in [0.2, 0.25) is 0 Å². The van der Waals surface area contributed by atoms with Crippen molar-refractivity contribution in [1.29, 1.82) is 0 Å². The molecule has 0 spiro atoms. The molecule has 0 aliphatic carbocycles. The van der Waals surface area contributed by atoms with Gasteiger partial charge in [-0.2, -0.15) is 0 Å². The van der Waals surface area contributed by atoms with E-state index in [1.165, 1.54) is 30.9 Å². The Hall–Kier alpha value is -2.44. The molecule has 1 amide bonds. The highest BCUT2D eigenvalue weighted by Gasteiger charge is 2.15. The van der Waals surface area contributed by atoms with E-state index < -0.39 is 5.82 Å². The lowest BCUT2D eigenvalue weighted by molar-refractivity contribution is 0.0340. The Kier molecular flexibility index (Phi) is 6.20. The largest absolute Gasteiger partial charge is 0.496 e. The molecule has 1 N–H and O–H groups in total. The second-order valence-corrected chi connectivity index (χ2v) is 6.18. The molecule has 2 aromatic rings. The van der Waals surface area contributed by atoms with Gasteiger partial charge < -0.3 is 14.8 Å². The average Bonchev–Trinajstić information content (AvgIpc) is 2.68. The third-order valence-corrected chi connectivity index (χ3v) is 4.46. The number of carbonyl (C=O) groups excluding carboxylic acids is 1. The molecule has 3 rings (SSSR count). The normalized spacial score (nSPS) is 14.8. The summed E-state index contributed by atoms with van der Waals surface area (Å²) in [4.78, 5) is 14.8. The lowest BCUT2D eigenvalue weighted by Crippen LogP contribution is -2.36. The molecule has 1 heterocycles. The van der Waals surface area contributed by atoms with Gasteiger partial charge in [-0.05, 0) is 29.3 Å². The Morgan fingerprint density at radius 3 is 2.65 bits per heavy atom. The van der Waals surface area contributed by atoms with Gasteiger partial charge in [-0.15, -0.1) is 0 Å². The quantitative estimate of drug-likeness (QED) is 0.862. The number of benzene rings is 2. The van der Waals surface area contributed by atoms with Crippen molar-refractivity contribution < 1.29 is 18.7 Å². The first-order valence-electron chi connectivity index (χ1n) is 8.66. The molecule has 0 atom stereocenters. The molecule has 2 aromatic carbocycles. The Morgan fingerprint density at radius 1 is 1.19 bits per heavy atom. The number of hydrogen-bond acceptors (Lipinski definition) is 4. The van der Waals surface area contributed by atoms with Gasteiger partial charge in [-0.3, -0.25) is 9.69 Å². The first kappa shape index (κ1) is 18.4. The van der Waals surface area contributed by atoms with Crippen LogP contribution in [0.3, 0.4) is 0 Å². The highest BCUT2D eigenvalue weighted by Crippen LogP contribution is 2.19. The SMILES string of the molecule is COc1ccc(F)cc1C(=O)NCc1ccccc1CN1CCOCC1. The molecule has 0 radical (unpaired) electrons. The van der Waals surface area contributed by atoms with E-state index in [9.17, 15) is 9.18 Å². The van der Waals surface area contributed by atoms with E-state index in [0.29, 0.717) is 12.3 Å². The number of hydrogen-bond donors (Lipinski definition) is 1. The predicted octanol–water partition coefficient (Wildman–Crippen LogP) is 2.60. The minimum absolute atomic E-state index is 0.193. The summed E-state index contributed by atoms with van der Waals surface area (Å²) in [6.45, 7) is 4.50. The summed E-state index contributed by atoms with van der Waals surface area (Å²) >= 11 is 0. The molecule has 0 unspecified atom stereocenters. The van der Waals surface area contributed by atoms with E-state index in [1.54, 1.807) is 0 Å². The van der Waals surface area contributed by atoms with Crippen molar-refractivity contribution >= 4 is 5.91 Å². The van der Waals surface area contributed by atoms with Crippen LogP contribution in [0.25, 0.3) is 0 Å². The van der Waals surface area contributed by atoms with Crippen molar-refractivity contribution in [1.82, 2.24) is 10.2 Å². The molecule has 1 aliphatic rings. The van der Waals surface area contributed by atoms with Gasteiger partial charge in [0.1, 0.15) is 11.6 Å². The number of rotatable bonds is 6. The van der Waals surface area contributed by atoms with Crippen molar-refractivity contribution in [3.8, 4) is 5.75 Å². The van der Waals surface area contributed by atoms with E-state index in [4.69, 9.17) is 9.47 Å². The van der Waals surface area contributed by atoms with Gasteiger partial charge >= 0.3 is 0 Å². The first-order valence-corrected chi connectivity index (χ1v) is 8.66. The van der Waals surface area contributed by atoms with Crippen LogP contribution in [0.5, 0.6) is 5.75 Å². The molecule has 1 saturated heterocycles. The Morgan fingerprint density at radius 2 is 1.92 bits per heavy atom. The minimum atomic E-state index is -0.469. The molecule has 1 aliphatic heterocycles. The van der Waals surface area contributed by atoms with Gasteiger partial charge in [0.05, 0.1) is 25.9 Å².